The van der Waals surface area contributed by atoms with Crippen LogP contribution < -0.4 is 5.32 Å². The van der Waals surface area contributed by atoms with Crippen molar-refractivity contribution >= 4 is 35.1 Å². The molecule has 0 fully saturated rings. The van der Waals surface area contributed by atoms with Gasteiger partial charge in [-0.3, -0.25) is 4.79 Å². The normalized spacial score (nSPS) is 15.8. The average Bonchev–Trinajstić information content (AvgIpc) is 2.85. The molecule has 0 aromatic heterocycles. The van der Waals surface area contributed by atoms with E-state index in [0.717, 1.165) is 31.7 Å². The predicted molar refractivity (Wildman–Crippen MR) is 105 cm³/mol. The van der Waals surface area contributed by atoms with E-state index in [1.165, 1.54) is 24.0 Å². The van der Waals surface area contributed by atoms with Crippen LogP contribution in [-0.4, -0.2) is 43.0 Å². The Hall–Kier alpha value is -0.650. The monoisotopic (exact) mass is 352 g/mol. The summed E-state index contributed by atoms with van der Waals surface area (Å²) in [6.07, 6.45) is 7.44. The molecule has 1 aliphatic rings. The van der Waals surface area contributed by atoms with Gasteiger partial charge < -0.3 is 10.2 Å². The number of thioether (sulfide) groups is 2. The van der Waals surface area contributed by atoms with Crippen molar-refractivity contribution in [1.82, 2.24) is 4.90 Å². The van der Waals surface area contributed by atoms with Crippen molar-refractivity contribution in [3.8, 4) is 0 Å². The Bertz CT molecular complexity index is 538. The largest absolute Gasteiger partial charge is 0.323 e. The van der Waals surface area contributed by atoms with Crippen LogP contribution in [0.1, 0.15) is 37.8 Å². The lowest BCUT2D eigenvalue weighted by atomic mass is 10.0. The van der Waals surface area contributed by atoms with Gasteiger partial charge in [-0.05, 0) is 56.5 Å². The zero-order valence-electron chi connectivity index (χ0n) is 14.6. The van der Waals surface area contributed by atoms with Crippen molar-refractivity contribution in [1.29, 1.82) is 0 Å². The maximum absolute atomic E-state index is 12.5. The lowest BCUT2D eigenvalue weighted by Crippen LogP contribution is -2.30. The molecule has 5 heteroatoms. The predicted octanol–water partition coefficient (Wildman–Crippen LogP) is 4.18. The van der Waals surface area contributed by atoms with Crippen molar-refractivity contribution in [2.45, 2.75) is 37.2 Å². The van der Waals surface area contributed by atoms with Crippen molar-refractivity contribution < 1.29 is 4.79 Å². The van der Waals surface area contributed by atoms with Crippen LogP contribution in [0, 0.1) is 0 Å². The first-order chi connectivity index (χ1) is 11.1. The van der Waals surface area contributed by atoms with Crippen molar-refractivity contribution in [2.75, 3.05) is 37.5 Å². The maximum atomic E-state index is 12.5. The fourth-order valence-corrected chi connectivity index (χ4v) is 5.37. The third kappa shape index (κ3) is 3.72. The van der Waals surface area contributed by atoms with Crippen LogP contribution in [0.25, 0.3) is 0 Å². The van der Waals surface area contributed by atoms with E-state index >= 15 is 0 Å². The molecule has 1 heterocycles. The van der Waals surface area contributed by atoms with Gasteiger partial charge in [0.05, 0.1) is 0 Å². The van der Waals surface area contributed by atoms with Gasteiger partial charge in [0.2, 0.25) is 0 Å². The molecule has 1 N–H and O–H groups in total. The zero-order valence-corrected chi connectivity index (χ0v) is 16.3. The first-order valence-electron chi connectivity index (χ1n) is 8.39. The second-order valence-electron chi connectivity index (χ2n) is 5.91. The molecule has 2 rings (SSSR count). The number of amides is 1. The molecule has 23 heavy (non-hydrogen) atoms. The molecule has 3 nitrogen and oxygen atoms in total. The SMILES string of the molecule is CCCN(CCC)CCc1cccc2c1C(SC)(SC)C(=O)N2. The van der Waals surface area contributed by atoms with Crippen LogP contribution in [0.5, 0.6) is 0 Å². The Morgan fingerprint density at radius 3 is 2.30 bits per heavy atom. The number of anilines is 1. The van der Waals surface area contributed by atoms with Crippen LogP contribution >= 0.6 is 23.5 Å². The van der Waals surface area contributed by atoms with E-state index in [9.17, 15) is 4.79 Å². The van der Waals surface area contributed by atoms with Crippen LogP contribution in [0.2, 0.25) is 0 Å². The number of rotatable bonds is 9. The minimum absolute atomic E-state index is 0.110. The summed E-state index contributed by atoms with van der Waals surface area (Å²) in [6, 6.07) is 6.28. The Balaban J connectivity index is 2.25. The molecule has 0 bridgehead atoms. The first kappa shape index (κ1) is 18.7. The molecule has 1 amide bonds. The number of carbonyl (C=O) groups excluding carboxylic acids is 1. The second-order valence-corrected chi connectivity index (χ2v) is 8.21. The van der Waals surface area contributed by atoms with Gasteiger partial charge in [0, 0.05) is 17.8 Å². The summed E-state index contributed by atoms with van der Waals surface area (Å²) in [7, 11) is 0. The van der Waals surface area contributed by atoms with E-state index in [4.69, 9.17) is 0 Å². The van der Waals surface area contributed by atoms with E-state index in [1.54, 1.807) is 23.5 Å². The molecular weight excluding hydrogens is 324 g/mol. The van der Waals surface area contributed by atoms with Crippen LogP contribution in [-0.2, 0) is 15.3 Å². The highest BCUT2D eigenvalue weighted by Crippen LogP contribution is 2.53. The van der Waals surface area contributed by atoms with Gasteiger partial charge in [-0.2, -0.15) is 0 Å². The number of hydrogen-bond donors (Lipinski definition) is 1. The van der Waals surface area contributed by atoms with Gasteiger partial charge in [0.15, 0.2) is 4.08 Å². The molecule has 1 aliphatic heterocycles. The summed E-state index contributed by atoms with van der Waals surface area (Å²) in [4.78, 5) is 15.1. The number of fused-ring (bicyclic) bond motifs is 1. The van der Waals surface area contributed by atoms with Gasteiger partial charge in [-0.25, -0.2) is 0 Å². The van der Waals surface area contributed by atoms with Gasteiger partial charge in [0.25, 0.3) is 5.91 Å². The van der Waals surface area contributed by atoms with Gasteiger partial charge >= 0.3 is 0 Å². The van der Waals surface area contributed by atoms with Gasteiger partial charge in [0.1, 0.15) is 0 Å². The Labute approximate surface area is 149 Å². The lowest BCUT2D eigenvalue weighted by Gasteiger charge is -2.26. The topological polar surface area (TPSA) is 32.3 Å². The Morgan fingerprint density at radius 1 is 1.09 bits per heavy atom. The van der Waals surface area contributed by atoms with E-state index in [0.29, 0.717) is 0 Å². The van der Waals surface area contributed by atoms with Crippen molar-refractivity contribution in [2.24, 2.45) is 0 Å². The van der Waals surface area contributed by atoms with Crippen LogP contribution in [0.15, 0.2) is 18.2 Å². The average molecular weight is 353 g/mol. The quantitative estimate of drug-likeness (QED) is 0.676. The Kier molecular flexibility index (Phi) is 6.86. The van der Waals surface area contributed by atoms with Crippen molar-refractivity contribution in [3.05, 3.63) is 29.3 Å². The van der Waals surface area contributed by atoms with E-state index in [2.05, 4.69) is 36.2 Å². The fourth-order valence-electron chi connectivity index (χ4n) is 3.34. The third-order valence-electron chi connectivity index (χ3n) is 4.38. The number of benzene rings is 1. The van der Waals surface area contributed by atoms with Crippen LogP contribution in [0.4, 0.5) is 5.69 Å². The number of carbonyl (C=O) groups is 1. The molecule has 0 saturated carbocycles. The molecule has 0 radical (unpaired) electrons. The maximum Gasteiger partial charge on any atom is 0.255 e. The summed E-state index contributed by atoms with van der Waals surface area (Å²) < 4.78 is -0.494. The summed E-state index contributed by atoms with van der Waals surface area (Å²) in [6.45, 7) is 7.83. The van der Waals surface area contributed by atoms with Crippen LogP contribution in [0.3, 0.4) is 0 Å². The van der Waals surface area contributed by atoms with E-state index in [-0.39, 0.29) is 5.91 Å². The fraction of sp³-hybridized carbons (Fsp3) is 0.611. The second kappa shape index (κ2) is 8.45. The van der Waals surface area contributed by atoms with Gasteiger partial charge in [-0.15, -0.1) is 23.5 Å². The molecule has 0 aliphatic carbocycles. The highest BCUT2D eigenvalue weighted by Gasteiger charge is 2.47. The minimum Gasteiger partial charge on any atom is -0.323 e. The van der Waals surface area contributed by atoms with E-state index < -0.39 is 4.08 Å². The molecular formula is C18H28N2OS2. The minimum atomic E-state index is -0.494. The zero-order chi connectivity index (χ0) is 16.9. The summed E-state index contributed by atoms with van der Waals surface area (Å²) in [5.74, 6) is 0.110. The molecule has 0 atom stereocenters. The standard InChI is InChI=1S/C18H28N2OS2/c1-5-11-20(12-6-2)13-10-14-8-7-9-15-16(14)18(22-3,23-4)17(21)19-15/h7-9H,5-6,10-13H2,1-4H3,(H,19,21). The molecule has 1 aromatic carbocycles. The molecule has 0 unspecified atom stereocenters. The summed E-state index contributed by atoms with van der Waals surface area (Å²) in [5, 5.41) is 3.07. The number of hydrogen-bond acceptors (Lipinski definition) is 4. The van der Waals surface area contributed by atoms with Gasteiger partial charge in [-0.1, -0.05) is 26.0 Å². The van der Waals surface area contributed by atoms with Crippen molar-refractivity contribution in [3.63, 3.8) is 0 Å². The third-order valence-corrected chi connectivity index (χ3v) is 7.31. The van der Waals surface area contributed by atoms with E-state index in [1.807, 2.05) is 18.6 Å². The number of nitrogens with zero attached hydrogens (tertiary/aromatic N) is 1. The first-order valence-corrected chi connectivity index (χ1v) is 10.8. The number of nitrogens with one attached hydrogen (secondary N) is 1. The Morgan fingerprint density at radius 2 is 1.74 bits per heavy atom. The molecule has 1 aromatic rings. The lowest BCUT2D eigenvalue weighted by molar-refractivity contribution is -0.116. The molecule has 0 saturated heterocycles. The molecule has 128 valence electrons. The highest BCUT2D eigenvalue weighted by atomic mass is 32.2. The molecule has 0 spiro atoms. The smallest absolute Gasteiger partial charge is 0.255 e. The summed E-state index contributed by atoms with van der Waals surface area (Å²) in [5.41, 5.74) is 3.49. The summed E-state index contributed by atoms with van der Waals surface area (Å²) >= 11 is 3.27. The highest BCUT2D eigenvalue weighted by molar-refractivity contribution is 8.18.